The molecular weight excluding hydrogens is 426 g/mol. The third-order valence-electron chi connectivity index (χ3n) is 3.89. The van der Waals surface area contributed by atoms with E-state index in [9.17, 15) is 14.7 Å². The van der Waals surface area contributed by atoms with Crippen molar-refractivity contribution in [1.82, 2.24) is 5.43 Å². The number of ether oxygens (including phenoxy) is 1. The van der Waals surface area contributed by atoms with Crippen LogP contribution in [-0.2, 0) is 9.59 Å². The average Bonchev–Trinajstić information content (AvgIpc) is 2.62. The standard InChI is InChI=1S/C20H22BrN3O4/c1-12-4-5-16(13(2)8-12)23-18(26)6-7-19(27)24-22-11-14-9-15(21)20(28-3)17(25)10-14/h4-5,8-11,25H,6-7H2,1-3H3,(H,23,26)(H,24,27)/b22-11-. The third-order valence-corrected chi connectivity index (χ3v) is 4.48. The molecule has 7 nitrogen and oxygen atoms in total. The Balaban J connectivity index is 1.82. The summed E-state index contributed by atoms with van der Waals surface area (Å²) in [6, 6.07) is 8.88. The van der Waals surface area contributed by atoms with E-state index in [0.29, 0.717) is 15.8 Å². The zero-order valence-electron chi connectivity index (χ0n) is 15.9. The zero-order chi connectivity index (χ0) is 20.7. The van der Waals surface area contributed by atoms with Crippen molar-refractivity contribution in [3.05, 3.63) is 51.5 Å². The first-order valence-electron chi connectivity index (χ1n) is 8.55. The number of phenolic OH excluding ortho intramolecular Hbond substituents is 1. The molecule has 0 saturated carbocycles. The second kappa shape index (κ2) is 9.89. The summed E-state index contributed by atoms with van der Waals surface area (Å²) in [5.74, 6) is -0.359. The summed E-state index contributed by atoms with van der Waals surface area (Å²) < 4.78 is 5.60. The Morgan fingerprint density at radius 2 is 1.89 bits per heavy atom. The summed E-state index contributed by atoms with van der Waals surface area (Å²) in [6.07, 6.45) is 1.44. The number of hydrogen-bond acceptors (Lipinski definition) is 5. The Kier molecular flexibility index (Phi) is 7.57. The molecule has 0 fully saturated rings. The number of nitrogens with zero attached hydrogens (tertiary/aromatic N) is 1. The lowest BCUT2D eigenvalue weighted by Crippen LogP contribution is -2.20. The first kappa shape index (κ1) is 21.4. The van der Waals surface area contributed by atoms with Crippen molar-refractivity contribution in [3.8, 4) is 11.5 Å². The Morgan fingerprint density at radius 3 is 2.54 bits per heavy atom. The van der Waals surface area contributed by atoms with Crippen molar-refractivity contribution >= 4 is 39.6 Å². The lowest BCUT2D eigenvalue weighted by molar-refractivity contribution is -0.124. The molecular formula is C20H22BrN3O4. The number of nitrogens with one attached hydrogen (secondary N) is 2. The lowest BCUT2D eigenvalue weighted by Gasteiger charge is -2.09. The van der Waals surface area contributed by atoms with E-state index in [4.69, 9.17) is 4.74 Å². The Labute approximate surface area is 171 Å². The van der Waals surface area contributed by atoms with Gasteiger partial charge >= 0.3 is 0 Å². The van der Waals surface area contributed by atoms with Gasteiger partial charge in [0.2, 0.25) is 11.8 Å². The maximum absolute atomic E-state index is 12.0. The first-order valence-corrected chi connectivity index (χ1v) is 9.35. The van der Waals surface area contributed by atoms with E-state index in [1.54, 1.807) is 6.07 Å². The molecule has 0 heterocycles. The largest absolute Gasteiger partial charge is 0.504 e. The molecule has 0 aliphatic rings. The number of carbonyl (C=O) groups is 2. The van der Waals surface area contributed by atoms with E-state index in [-0.39, 0.29) is 30.4 Å². The minimum absolute atomic E-state index is 0.00559. The molecule has 3 N–H and O–H groups in total. The number of amides is 2. The van der Waals surface area contributed by atoms with Crippen LogP contribution in [0.5, 0.6) is 11.5 Å². The summed E-state index contributed by atoms with van der Waals surface area (Å²) in [5, 5.41) is 16.5. The van der Waals surface area contributed by atoms with E-state index < -0.39 is 0 Å². The number of aromatic hydroxyl groups is 1. The zero-order valence-corrected chi connectivity index (χ0v) is 17.5. The molecule has 0 spiro atoms. The minimum atomic E-state index is -0.385. The summed E-state index contributed by atoms with van der Waals surface area (Å²) >= 11 is 3.28. The van der Waals surface area contributed by atoms with Gasteiger partial charge in [0.1, 0.15) is 0 Å². The number of carbonyl (C=O) groups excluding carboxylic acids is 2. The van der Waals surface area contributed by atoms with E-state index in [1.165, 1.54) is 19.4 Å². The number of anilines is 1. The number of hydrazone groups is 1. The summed E-state index contributed by atoms with van der Waals surface area (Å²) in [7, 11) is 1.45. The molecule has 28 heavy (non-hydrogen) atoms. The maximum Gasteiger partial charge on any atom is 0.240 e. The van der Waals surface area contributed by atoms with E-state index in [1.807, 2.05) is 32.0 Å². The monoisotopic (exact) mass is 447 g/mol. The van der Waals surface area contributed by atoms with Crippen LogP contribution in [0.4, 0.5) is 5.69 Å². The number of aryl methyl sites for hydroxylation is 2. The Morgan fingerprint density at radius 1 is 1.18 bits per heavy atom. The number of phenols is 1. The molecule has 148 valence electrons. The molecule has 8 heteroatoms. The Bertz CT molecular complexity index is 889. The smallest absolute Gasteiger partial charge is 0.240 e. The predicted molar refractivity (Wildman–Crippen MR) is 112 cm³/mol. The van der Waals surface area contributed by atoms with Gasteiger partial charge in [-0.3, -0.25) is 9.59 Å². The van der Waals surface area contributed by atoms with Crippen molar-refractivity contribution in [3.63, 3.8) is 0 Å². The molecule has 0 saturated heterocycles. The van der Waals surface area contributed by atoms with Gasteiger partial charge in [0.25, 0.3) is 0 Å². The number of methoxy groups -OCH3 is 1. The highest BCUT2D eigenvalue weighted by atomic mass is 79.9. The number of halogens is 1. The fourth-order valence-electron chi connectivity index (χ4n) is 2.50. The number of hydrogen-bond donors (Lipinski definition) is 3. The normalized spacial score (nSPS) is 10.7. The van der Waals surface area contributed by atoms with Crippen LogP contribution in [0.3, 0.4) is 0 Å². The molecule has 0 radical (unpaired) electrons. The quantitative estimate of drug-likeness (QED) is 0.445. The van der Waals surface area contributed by atoms with Crippen LogP contribution in [0.2, 0.25) is 0 Å². The molecule has 2 aromatic carbocycles. The molecule has 0 aliphatic carbocycles. The summed E-state index contributed by atoms with van der Waals surface area (Å²) in [4.78, 5) is 23.9. The topological polar surface area (TPSA) is 100 Å². The van der Waals surface area contributed by atoms with Crippen LogP contribution < -0.4 is 15.5 Å². The van der Waals surface area contributed by atoms with Crippen LogP contribution in [0.25, 0.3) is 0 Å². The highest BCUT2D eigenvalue weighted by Gasteiger charge is 2.09. The van der Waals surface area contributed by atoms with Gasteiger partial charge in [-0.2, -0.15) is 5.10 Å². The van der Waals surface area contributed by atoms with Gasteiger partial charge in [0.15, 0.2) is 11.5 Å². The lowest BCUT2D eigenvalue weighted by atomic mass is 10.1. The maximum atomic E-state index is 12.0. The van der Waals surface area contributed by atoms with E-state index in [0.717, 1.165) is 16.8 Å². The highest BCUT2D eigenvalue weighted by Crippen LogP contribution is 2.34. The Hall–Kier alpha value is -2.87. The van der Waals surface area contributed by atoms with E-state index in [2.05, 4.69) is 31.8 Å². The summed E-state index contributed by atoms with van der Waals surface area (Å²) in [5.41, 5.74) is 5.75. The van der Waals surface area contributed by atoms with Crippen molar-refractivity contribution in [2.24, 2.45) is 5.10 Å². The van der Waals surface area contributed by atoms with Gasteiger partial charge in [0.05, 0.1) is 17.8 Å². The van der Waals surface area contributed by atoms with E-state index >= 15 is 0 Å². The molecule has 0 aliphatic heterocycles. The molecule has 0 unspecified atom stereocenters. The molecule has 0 aromatic heterocycles. The van der Waals surface area contributed by atoms with Crippen LogP contribution in [0.1, 0.15) is 29.5 Å². The fraction of sp³-hybridized carbons (Fsp3) is 0.250. The predicted octanol–water partition coefficient (Wildman–Crippen LogP) is 3.65. The van der Waals surface area contributed by atoms with Crippen molar-refractivity contribution < 1.29 is 19.4 Å². The van der Waals surface area contributed by atoms with Gasteiger partial charge in [-0.15, -0.1) is 0 Å². The third kappa shape index (κ3) is 6.09. The summed E-state index contributed by atoms with van der Waals surface area (Å²) in [6.45, 7) is 3.90. The molecule has 0 bridgehead atoms. The van der Waals surface area contributed by atoms with Crippen molar-refractivity contribution in [2.75, 3.05) is 12.4 Å². The van der Waals surface area contributed by atoms with Gasteiger partial charge < -0.3 is 15.2 Å². The van der Waals surface area contributed by atoms with Gasteiger partial charge in [0, 0.05) is 18.5 Å². The van der Waals surface area contributed by atoms with Gasteiger partial charge in [-0.25, -0.2) is 5.43 Å². The van der Waals surface area contributed by atoms with Gasteiger partial charge in [-0.1, -0.05) is 17.7 Å². The van der Waals surface area contributed by atoms with Crippen LogP contribution in [0.15, 0.2) is 39.9 Å². The molecule has 2 amide bonds. The van der Waals surface area contributed by atoms with Crippen LogP contribution in [-0.4, -0.2) is 30.2 Å². The number of rotatable bonds is 7. The minimum Gasteiger partial charge on any atom is -0.504 e. The first-order chi connectivity index (χ1) is 13.3. The SMILES string of the molecule is COc1c(O)cc(/C=N\NC(=O)CCC(=O)Nc2ccc(C)cc2C)cc1Br. The molecule has 0 atom stereocenters. The van der Waals surface area contributed by atoms with Crippen LogP contribution >= 0.6 is 15.9 Å². The fourth-order valence-corrected chi connectivity index (χ4v) is 3.13. The number of benzene rings is 2. The van der Waals surface area contributed by atoms with Crippen molar-refractivity contribution in [1.29, 1.82) is 0 Å². The molecule has 2 rings (SSSR count). The molecule has 2 aromatic rings. The van der Waals surface area contributed by atoms with Crippen LogP contribution in [0, 0.1) is 13.8 Å². The highest BCUT2D eigenvalue weighted by molar-refractivity contribution is 9.10. The second-order valence-corrected chi connectivity index (χ2v) is 7.07. The second-order valence-electron chi connectivity index (χ2n) is 6.21. The van der Waals surface area contributed by atoms with Gasteiger partial charge in [-0.05, 0) is 59.1 Å². The van der Waals surface area contributed by atoms with Crippen molar-refractivity contribution in [2.45, 2.75) is 26.7 Å². The average molecular weight is 448 g/mol.